The number of amides is 1. The Morgan fingerprint density at radius 2 is 2.16 bits per heavy atom. The predicted molar refractivity (Wildman–Crippen MR) is 69.5 cm³/mol. The van der Waals surface area contributed by atoms with E-state index in [1.807, 2.05) is 0 Å². The Labute approximate surface area is 109 Å². The fourth-order valence-electron chi connectivity index (χ4n) is 1.61. The van der Waals surface area contributed by atoms with Crippen LogP contribution in [0.1, 0.15) is 11.3 Å². The third kappa shape index (κ3) is 3.54. The predicted octanol–water partition coefficient (Wildman–Crippen LogP) is 2.48. The van der Waals surface area contributed by atoms with Crippen molar-refractivity contribution in [3.05, 3.63) is 41.4 Å². The summed E-state index contributed by atoms with van der Waals surface area (Å²) in [5.74, 6) is 0.445. The fraction of sp³-hybridized carbons (Fsp3) is 0.231. The first-order chi connectivity index (χ1) is 9.04. The van der Waals surface area contributed by atoms with Gasteiger partial charge in [-0.05, 0) is 37.6 Å². The summed E-state index contributed by atoms with van der Waals surface area (Å²) in [7, 11) is 0. The van der Waals surface area contributed by atoms with Crippen LogP contribution in [0.5, 0.6) is 0 Å². The minimum Gasteiger partial charge on any atom is -0.376 e. The van der Waals surface area contributed by atoms with Crippen LogP contribution >= 0.6 is 0 Å². The Hall–Kier alpha value is -2.37. The van der Waals surface area contributed by atoms with Gasteiger partial charge in [-0.1, -0.05) is 5.16 Å². The number of carbonyl (C=O) groups is 1. The number of aromatic nitrogens is 1. The van der Waals surface area contributed by atoms with Crippen molar-refractivity contribution >= 4 is 17.4 Å². The van der Waals surface area contributed by atoms with Crippen LogP contribution in [0.4, 0.5) is 15.9 Å². The van der Waals surface area contributed by atoms with E-state index in [1.54, 1.807) is 26.0 Å². The van der Waals surface area contributed by atoms with Gasteiger partial charge in [0.2, 0.25) is 5.91 Å². The van der Waals surface area contributed by atoms with Crippen molar-refractivity contribution < 1.29 is 13.7 Å². The van der Waals surface area contributed by atoms with Gasteiger partial charge < -0.3 is 15.2 Å². The topological polar surface area (TPSA) is 67.2 Å². The second-order valence-corrected chi connectivity index (χ2v) is 4.18. The SMILES string of the molecule is Cc1cc(NC(=O)CNc2ccc(F)cc2C)no1. The van der Waals surface area contributed by atoms with E-state index in [2.05, 4.69) is 15.8 Å². The number of hydrogen-bond donors (Lipinski definition) is 2. The van der Waals surface area contributed by atoms with Gasteiger partial charge in [-0.15, -0.1) is 0 Å². The lowest BCUT2D eigenvalue weighted by Crippen LogP contribution is -2.22. The highest BCUT2D eigenvalue weighted by molar-refractivity contribution is 5.92. The van der Waals surface area contributed by atoms with Crippen LogP contribution in [0.15, 0.2) is 28.8 Å². The van der Waals surface area contributed by atoms with Gasteiger partial charge in [0.05, 0.1) is 6.54 Å². The van der Waals surface area contributed by atoms with E-state index in [9.17, 15) is 9.18 Å². The molecule has 0 unspecified atom stereocenters. The molecule has 0 spiro atoms. The first kappa shape index (κ1) is 13.1. The second kappa shape index (κ2) is 5.51. The van der Waals surface area contributed by atoms with E-state index in [0.717, 1.165) is 5.56 Å². The number of anilines is 2. The largest absolute Gasteiger partial charge is 0.376 e. The van der Waals surface area contributed by atoms with Crippen molar-refractivity contribution in [3.63, 3.8) is 0 Å². The molecule has 2 N–H and O–H groups in total. The summed E-state index contributed by atoms with van der Waals surface area (Å²) >= 11 is 0. The summed E-state index contributed by atoms with van der Waals surface area (Å²) < 4.78 is 17.7. The molecule has 0 radical (unpaired) electrons. The molecule has 0 aliphatic carbocycles. The molecule has 0 atom stereocenters. The normalized spacial score (nSPS) is 10.3. The fourth-order valence-corrected chi connectivity index (χ4v) is 1.61. The highest BCUT2D eigenvalue weighted by Crippen LogP contribution is 2.15. The van der Waals surface area contributed by atoms with Crippen LogP contribution in [0.2, 0.25) is 0 Å². The maximum Gasteiger partial charge on any atom is 0.244 e. The molecule has 1 heterocycles. The van der Waals surface area contributed by atoms with E-state index >= 15 is 0 Å². The van der Waals surface area contributed by atoms with Crippen LogP contribution in [0, 0.1) is 19.7 Å². The number of hydrogen-bond acceptors (Lipinski definition) is 4. The van der Waals surface area contributed by atoms with Crippen LogP contribution < -0.4 is 10.6 Å². The van der Waals surface area contributed by atoms with E-state index in [0.29, 0.717) is 17.3 Å². The molecule has 0 aliphatic heterocycles. The molecule has 1 aromatic carbocycles. The molecule has 5 nitrogen and oxygen atoms in total. The zero-order valence-electron chi connectivity index (χ0n) is 10.7. The van der Waals surface area contributed by atoms with Gasteiger partial charge in [0, 0.05) is 11.8 Å². The lowest BCUT2D eigenvalue weighted by atomic mass is 10.2. The number of nitrogens with zero attached hydrogens (tertiary/aromatic N) is 1. The highest BCUT2D eigenvalue weighted by atomic mass is 19.1. The van der Waals surface area contributed by atoms with Gasteiger partial charge in [0.25, 0.3) is 0 Å². The van der Waals surface area contributed by atoms with Gasteiger partial charge in [0.15, 0.2) is 5.82 Å². The lowest BCUT2D eigenvalue weighted by Gasteiger charge is -2.08. The van der Waals surface area contributed by atoms with Gasteiger partial charge in [0.1, 0.15) is 11.6 Å². The number of benzene rings is 1. The molecule has 0 fully saturated rings. The van der Waals surface area contributed by atoms with E-state index in [-0.39, 0.29) is 18.3 Å². The summed E-state index contributed by atoms with van der Waals surface area (Å²) in [6, 6.07) is 5.97. The van der Waals surface area contributed by atoms with Gasteiger partial charge >= 0.3 is 0 Å². The van der Waals surface area contributed by atoms with E-state index in [1.165, 1.54) is 12.1 Å². The molecule has 19 heavy (non-hydrogen) atoms. The summed E-state index contributed by atoms with van der Waals surface area (Å²) in [5, 5.41) is 9.17. The number of aryl methyl sites for hydroxylation is 2. The molecule has 1 aromatic heterocycles. The smallest absolute Gasteiger partial charge is 0.244 e. The molecule has 0 bridgehead atoms. The van der Waals surface area contributed by atoms with Crippen molar-refractivity contribution in [2.75, 3.05) is 17.2 Å². The lowest BCUT2D eigenvalue weighted by molar-refractivity contribution is -0.114. The standard InChI is InChI=1S/C13H14FN3O2/c1-8-5-10(14)3-4-11(8)15-7-13(18)16-12-6-9(2)19-17-12/h3-6,15H,7H2,1-2H3,(H,16,17,18). The highest BCUT2D eigenvalue weighted by Gasteiger charge is 2.07. The average Bonchev–Trinajstić information content (AvgIpc) is 2.73. The number of halogens is 1. The van der Waals surface area contributed by atoms with Gasteiger partial charge in [-0.2, -0.15) is 0 Å². The second-order valence-electron chi connectivity index (χ2n) is 4.18. The average molecular weight is 263 g/mol. The quantitative estimate of drug-likeness (QED) is 0.889. The molecule has 0 saturated heterocycles. The molecule has 100 valence electrons. The molecule has 2 rings (SSSR count). The number of carbonyl (C=O) groups excluding carboxylic acids is 1. The minimum atomic E-state index is -0.300. The van der Waals surface area contributed by atoms with E-state index < -0.39 is 0 Å². The summed E-state index contributed by atoms with van der Waals surface area (Å²) in [6.45, 7) is 3.57. The Morgan fingerprint density at radius 1 is 1.37 bits per heavy atom. The molecule has 0 aliphatic rings. The maximum atomic E-state index is 12.9. The van der Waals surface area contributed by atoms with Crippen LogP contribution in [-0.2, 0) is 4.79 Å². The Kier molecular flexibility index (Phi) is 3.79. The zero-order valence-corrected chi connectivity index (χ0v) is 10.7. The maximum absolute atomic E-state index is 12.9. The van der Waals surface area contributed by atoms with Crippen molar-refractivity contribution in [1.82, 2.24) is 5.16 Å². The third-order valence-electron chi connectivity index (χ3n) is 2.52. The Morgan fingerprint density at radius 3 is 2.79 bits per heavy atom. The van der Waals surface area contributed by atoms with Crippen molar-refractivity contribution in [2.24, 2.45) is 0 Å². The Balaban J connectivity index is 1.89. The summed E-state index contributed by atoms with van der Waals surface area (Å²) in [6.07, 6.45) is 0. The Bertz CT molecular complexity index is 595. The zero-order chi connectivity index (χ0) is 13.8. The third-order valence-corrected chi connectivity index (χ3v) is 2.52. The van der Waals surface area contributed by atoms with Gasteiger partial charge in [-0.25, -0.2) is 4.39 Å². The van der Waals surface area contributed by atoms with Gasteiger partial charge in [-0.3, -0.25) is 4.79 Å². The van der Waals surface area contributed by atoms with Crippen molar-refractivity contribution in [2.45, 2.75) is 13.8 Å². The van der Waals surface area contributed by atoms with Crippen LogP contribution in [0.3, 0.4) is 0 Å². The van der Waals surface area contributed by atoms with Crippen molar-refractivity contribution in [3.8, 4) is 0 Å². The summed E-state index contributed by atoms with van der Waals surface area (Å²) in [4.78, 5) is 11.6. The number of rotatable bonds is 4. The van der Waals surface area contributed by atoms with Crippen molar-refractivity contribution in [1.29, 1.82) is 0 Å². The number of nitrogens with one attached hydrogen (secondary N) is 2. The molecule has 1 amide bonds. The molecule has 6 heteroatoms. The molecule has 0 saturated carbocycles. The van der Waals surface area contributed by atoms with Crippen LogP contribution in [0.25, 0.3) is 0 Å². The van der Waals surface area contributed by atoms with E-state index in [4.69, 9.17) is 4.52 Å². The molecular formula is C13H14FN3O2. The molecular weight excluding hydrogens is 249 g/mol. The van der Waals surface area contributed by atoms with Crippen LogP contribution in [-0.4, -0.2) is 17.6 Å². The minimum absolute atomic E-state index is 0.0678. The summed E-state index contributed by atoms with van der Waals surface area (Å²) in [5.41, 5.74) is 1.46. The first-order valence-electron chi connectivity index (χ1n) is 5.78. The molecule has 2 aromatic rings. The first-order valence-corrected chi connectivity index (χ1v) is 5.78. The monoisotopic (exact) mass is 263 g/mol.